The Balaban J connectivity index is 1.27. The highest BCUT2D eigenvalue weighted by Gasteiger charge is 2.29. The largest absolute Gasteiger partial charge is 0.383 e. The van der Waals surface area contributed by atoms with E-state index in [2.05, 4.69) is 50.3 Å². The number of nitrogens with one attached hydrogen (secondary N) is 1. The SMILES string of the molecule is COCCN(C)c1cc(F)cc(-n2cnc(Nc3cc(C)cc(N4CCN(C5COC5)CC4)c3)n2)c1. The van der Waals surface area contributed by atoms with Crippen LogP contribution in [0.1, 0.15) is 5.56 Å². The number of benzene rings is 2. The van der Waals surface area contributed by atoms with Gasteiger partial charge in [-0.1, -0.05) is 0 Å². The van der Waals surface area contributed by atoms with Gasteiger partial charge >= 0.3 is 0 Å². The van der Waals surface area contributed by atoms with Crippen molar-refractivity contribution in [3.63, 3.8) is 0 Å². The second-order valence-corrected chi connectivity index (χ2v) is 9.49. The molecule has 2 aliphatic rings. The van der Waals surface area contributed by atoms with Crippen molar-refractivity contribution in [1.82, 2.24) is 19.7 Å². The lowest BCUT2D eigenvalue weighted by Gasteiger charge is -2.43. The molecule has 10 heteroatoms. The molecular formula is C26H34FN7O2. The zero-order valence-electron chi connectivity index (χ0n) is 21.2. The number of nitrogens with zero attached hydrogens (tertiary/aromatic N) is 6. The summed E-state index contributed by atoms with van der Waals surface area (Å²) in [7, 11) is 3.56. The van der Waals surface area contributed by atoms with Gasteiger partial charge in [0.05, 0.1) is 31.5 Å². The molecule has 3 heterocycles. The van der Waals surface area contributed by atoms with Crippen molar-refractivity contribution < 1.29 is 13.9 Å². The Labute approximate surface area is 211 Å². The minimum absolute atomic E-state index is 0.329. The number of aryl methyl sites for hydroxylation is 1. The van der Waals surface area contributed by atoms with Gasteiger partial charge in [0.25, 0.3) is 0 Å². The summed E-state index contributed by atoms with van der Waals surface area (Å²) >= 11 is 0. The molecule has 0 bridgehead atoms. The van der Waals surface area contributed by atoms with Crippen molar-refractivity contribution in [2.24, 2.45) is 0 Å². The highest BCUT2D eigenvalue weighted by Crippen LogP contribution is 2.26. The molecule has 2 aromatic carbocycles. The standard InChI is InChI=1S/C26H34FN7O2/c1-19-10-21(14-23(11-19)32-4-6-33(7-5-32)25-16-36-17-25)29-26-28-18-34(30-26)24-13-20(27)12-22(15-24)31(2)8-9-35-3/h10-15,18,25H,4-9,16-17H2,1-3H3,(H,29,30). The molecule has 0 spiro atoms. The molecule has 36 heavy (non-hydrogen) atoms. The van der Waals surface area contributed by atoms with Gasteiger partial charge in [-0.05, 0) is 48.9 Å². The van der Waals surface area contributed by atoms with Crippen LogP contribution in [0, 0.1) is 12.7 Å². The van der Waals surface area contributed by atoms with Crippen LogP contribution in [-0.2, 0) is 9.47 Å². The average Bonchev–Trinajstić information content (AvgIpc) is 3.29. The third-order valence-electron chi connectivity index (χ3n) is 6.83. The summed E-state index contributed by atoms with van der Waals surface area (Å²) in [4.78, 5) is 11.3. The van der Waals surface area contributed by atoms with Gasteiger partial charge < -0.3 is 24.6 Å². The van der Waals surface area contributed by atoms with E-state index in [1.54, 1.807) is 18.1 Å². The molecule has 0 atom stereocenters. The summed E-state index contributed by atoms with van der Waals surface area (Å²) < 4.78 is 26.4. The minimum Gasteiger partial charge on any atom is -0.383 e. The second-order valence-electron chi connectivity index (χ2n) is 9.49. The monoisotopic (exact) mass is 495 g/mol. The molecule has 5 rings (SSSR count). The van der Waals surface area contributed by atoms with Crippen molar-refractivity contribution in [3.05, 3.63) is 54.1 Å². The fourth-order valence-corrected chi connectivity index (χ4v) is 4.64. The number of hydrogen-bond acceptors (Lipinski definition) is 8. The van der Waals surface area contributed by atoms with E-state index in [9.17, 15) is 4.39 Å². The van der Waals surface area contributed by atoms with E-state index in [4.69, 9.17) is 9.47 Å². The van der Waals surface area contributed by atoms with Gasteiger partial charge in [0.15, 0.2) is 0 Å². The van der Waals surface area contributed by atoms with Crippen LogP contribution in [0.5, 0.6) is 0 Å². The normalized spacial score (nSPS) is 16.7. The second kappa shape index (κ2) is 10.8. The summed E-state index contributed by atoms with van der Waals surface area (Å²) in [6, 6.07) is 11.9. The zero-order chi connectivity index (χ0) is 25.1. The lowest BCUT2D eigenvalue weighted by molar-refractivity contribution is -0.0660. The average molecular weight is 496 g/mol. The van der Waals surface area contributed by atoms with Crippen LogP contribution in [0.25, 0.3) is 5.69 Å². The first-order valence-corrected chi connectivity index (χ1v) is 12.4. The summed E-state index contributed by atoms with van der Waals surface area (Å²) in [5.41, 5.74) is 4.64. The molecule has 2 saturated heterocycles. The number of aromatic nitrogens is 3. The molecular weight excluding hydrogens is 461 g/mol. The summed E-state index contributed by atoms with van der Waals surface area (Å²) in [5, 5.41) is 7.87. The van der Waals surface area contributed by atoms with Crippen LogP contribution in [-0.4, -0.2) is 92.4 Å². The van der Waals surface area contributed by atoms with Gasteiger partial charge in [0, 0.05) is 63.9 Å². The molecule has 3 aromatic rings. The van der Waals surface area contributed by atoms with Gasteiger partial charge in [0.1, 0.15) is 12.1 Å². The van der Waals surface area contributed by atoms with Gasteiger partial charge in [0.2, 0.25) is 5.95 Å². The maximum Gasteiger partial charge on any atom is 0.246 e. The maximum absolute atomic E-state index is 14.4. The lowest BCUT2D eigenvalue weighted by Crippen LogP contribution is -2.56. The van der Waals surface area contributed by atoms with Gasteiger partial charge in [-0.15, -0.1) is 5.10 Å². The van der Waals surface area contributed by atoms with Crippen LogP contribution in [0.15, 0.2) is 42.7 Å². The van der Waals surface area contributed by atoms with E-state index < -0.39 is 0 Å². The Morgan fingerprint density at radius 3 is 2.61 bits per heavy atom. The smallest absolute Gasteiger partial charge is 0.246 e. The minimum atomic E-state index is -0.329. The van der Waals surface area contributed by atoms with E-state index in [0.717, 1.165) is 56.3 Å². The molecule has 0 amide bonds. The summed E-state index contributed by atoms with van der Waals surface area (Å²) in [5.74, 6) is 0.130. The molecule has 1 aromatic heterocycles. The highest BCUT2D eigenvalue weighted by atomic mass is 19.1. The maximum atomic E-state index is 14.4. The fraction of sp³-hybridized carbons (Fsp3) is 0.462. The molecule has 0 saturated carbocycles. The summed E-state index contributed by atoms with van der Waals surface area (Å²) in [6.07, 6.45) is 1.59. The quantitative estimate of drug-likeness (QED) is 0.486. The number of halogens is 1. The molecule has 0 radical (unpaired) electrons. The number of likely N-dealkylation sites (N-methyl/N-ethyl adjacent to an activating group) is 1. The topological polar surface area (TPSA) is 70.9 Å². The third-order valence-corrected chi connectivity index (χ3v) is 6.83. The molecule has 192 valence electrons. The molecule has 9 nitrogen and oxygen atoms in total. The van der Waals surface area contributed by atoms with Gasteiger partial charge in [-0.3, -0.25) is 4.90 Å². The Morgan fingerprint density at radius 2 is 1.89 bits per heavy atom. The van der Waals surface area contributed by atoms with Crippen molar-refractivity contribution in [3.8, 4) is 5.69 Å². The Kier molecular flexibility index (Phi) is 7.35. The predicted octanol–water partition coefficient (Wildman–Crippen LogP) is 3.06. The molecule has 2 fully saturated rings. The first-order valence-electron chi connectivity index (χ1n) is 12.4. The van der Waals surface area contributed by atoms with Crippen molar-refractivity contribution in [2.45, 2.75) is 13.0 Å². The molecule has 0 unspecified atom stereocenters. The van der Waals surface area contributed by atoms with E-state index in [1.807, 2.05) is 18.0 Å². The first-order chi connectivity index (χ1) is 17.5. The van der Waals surface area contributed by atoms with E-state index >= 15 is 0 Å². The van der Waals surface area contributed by atoms with Crippen molar-refractivity contribution in [1.29, 1.82) is 0 Å². The van der Waals surface area contributed by atoms with Gasteiger partial charge in [-0.2, -0.15) is 4.98 Å². The van der Waals surface area contributed by atoms with Crippen LogP contribution >= 0.6 is 0 Å². The van der Waals surface area contributed by atoms with Crippen molar-refractivity contribution >= 4 is 23.0 Å². The number of methoxy groups -OCH3 is 1. The molecule has 0 aliphatic carbocycles. The number of hydrogen-bond donors (Lipinski definition) is 1. The predicted molar refractivity (Wildman–Crippen MR) is 139 cm³/mol. The van der Waals surface area contributed by atoms with E-state index in [-0.39, 0.29) is 5.82 Å². The molecule has 1 N–H and O–H groups in total. The summed E-state index contributed by atoms with van der Waals surface area (Å²) in [6.45, 7) is 9.11. The van der Waals surface area contributed by atoms with Crippen LogP contribution in [0.4, 0.5) is 27.4 Å². The Morgan fingerprint density at radius 1 is 1.08 bits per heavy atom. The lowest BCUT2D eigenvalue weighted by atomic mass is 10.1. The van der Waals surface area contributed by atoms with Crippen LogP contribution < -0.4 is 15.1 Å². The van der Waals surface area contributed by atoms with E-state index in [1.165, 1.54) is 17.8 Å². The zero-order valence-corrected chi connectivity index (χ0v) is 21.2. The number of anilines is 4. The number of ether oxygens (including phenoxy) is 2. The van der Waals surface area contributed by atoms with Crippen LogP contribution in [0.3, 0.4) is 0 Å². The Bertz CT molecular complexity index is 1170. The number of rotatable bonds is 9. The Hall–Kier alpha value is -3.21. The first kappa shape index (κ1) is 24.5. The van der Waals surface area contributed by atoms with Crippen LogP contribution in [0.2, 0.25) is 0 Å². The van der Waals surface area contributed by atoms with Gasteiger partial charge in [-0.25, -0.2) is 9.07 Å². The highest BCUT2D eigenvalue weighted by molar-refractivity contribution is 5.64. The third kappa shape index (κ3) is 5.61. The van der Waals surface area contributed by atoms with Crippen molar-refractivity contribution in [2.75, 3.05) is 81.8 Å². The molecule has 2 aliphatic heterocycles. The van der Waals surface area contributed by atoms with E-state index in [0.29, 0.717) is 30.8 Å². The fourth-order valence-electron chi connectivity index (χ4n) is 4.64. The number of piperazine rings is 1.